The molecule has 90 valence electrons. The molecule has 16 heavy (non-hydrogen) atoms. The Kier molecular flexibility index (Phi) is 12.6. The van der Waals surface area contributed by atoms with Crippen molar-refractivity contribution in [3.63, 3.8) is 0 Å². The molecule has 0 N–H and O–H groups in total. The molecule has 1 rings (SSSR count). The Morgan fingerprint density at radius 3 is 2.00 bits per heavy atom. The van der Waals surface area contributed by atoms with Crippen molar-refractivity contribution in [2.75, 3.05) is 0 Å². The van der Waals surface area contributed by atoms with E-state index >= 15 is 0 Å². The third-order valence-electron chi connectivity index (χ3n) is 1.81. The molecule has 0 atom stereocenters. The molecule has 0 unspecified atom stereocenters. The van der Waals surface area contributed by atoms with Crippen molar-refractivity contribution in [2.45, 2.75) is 41.5 Å². The fourth-order valence-electron chi connectivity index (χ4n) is 1.20. The van der Waals surface area contributed by atoms with E-state index in [1.165, 1.54) is 16.7 Å². The zero-order valence-electron chi connectivity index (χ0n) is 11.7. The van der Waals surface area contributed by atoms with E-state index < -0.39 is 0 Å². The van der Waals surface area contributed by atoms with Gasteiger partial charge in [0.25, 0.3) is 0 Å². The quantitative estimate of drug-likeness (QED) is 0.595. The van der Waals surface area contributed by atoms with E-state index in [1.54, 1.807) is 0 Å². The first-order valence-electron chi connectivity index (χ1n) is 6.13. The predicted molar refractivity (Wildman–Crippen MR) is 78.7 cm³/mol. The minimum absolute atomic E-state index is 1.19. The standard InChI is InChI=1S/C12H14.2C2H6/c1-4-6-12-9-10(3)7-8-11(12)5-2;2*1-2/h4-9H,2H2,1,3H3;2*1-2H3/b6-4-;;. The zero-order valence-corrected chi connectivity index (χ0v) is 11.7. The van der Waals surface area contributed by atoms with Crippen molar-refractivity contribution in [1.82, 2.24) is 0 Å². The molecule has 1 aromatic rings. The molecule has 1 aromatic carbocycles. The predicted octanol–water partition coefficient (Wildman–Crippen LogP) is 5.72. The van der Waals surface area contributed by atoms with Gasteiger partial charge in [-0.2, -0.15) is 0 Å². The summed E-state index contributed by atoms with van der Waals surface area (Å²) in [6.07, 6.45) is 6.03. The summed E-state index contributed by atoms with van der Waals surface area (Å²) in [5, 5.41) is 0. The van der Waals surface area contributed by atoms with Gasteiger partial charge in [-0.15, -0.1) is 0 Å². The molecule has 0 spiro atoms. The Bertz CT molecular complexity index is 306. The van der Waals surface area contributed by atoms with E-state index in [0.29, 0.717) is 0 Å². The second-order valence-electron chi connectivity index (χ2n) is 2.84. The average Bonchev–Trinajstić information content (AvgIpc) is 2.35. The van der Waals surface area contributed by atoms with Crippen molar-refractivity contribution in [2.24, 2.45) is 0 Å². The second-order valence-corrected chi connectivity index (χ2v) is 2.84. The van der Waals surface area contributed by atoms with Gasteiger partial charge in [0.15, 0.2) is 0 Å². The molecule has 0 radical (unpaired) electrons. The maximum Gasteiger partial charge on any atom is -0.0185 e. The first-order valence-corrected chi connectivity index (χ1v) is 6.13. The van der Waals surface area contributed by atoms with E-state index in [4.69, 9.17) is 0 Å². The summed E-state index contributed by atoms with van der Waals surface area (Å²) in [5.41, 5.74) is 3.72. The van der Waals surface area contributed by atoms with Crippen LogP contribution in [0.3, 0.4) is 0 Å². The first kappa shape index (κ1) is 17.1. The van der Waals surface area contributed by atoms with Crippen LogP contribution in [-0.2, 0) is 0 Å². The average molecular weight is 218 g/mol. The Morgan fingerprint density at radius 1 is 1.00 bits per heavy atom. The number of allylic oxidation sites excluding steroid dienone is 1. The van der Waals surface area contributed by atoms with Crippen LogP contribution >= 0.6 is 0 Å². The Balaban J connectivity index is 0. The van der Waals surface area contributed by atoms with Gasteiger partial charge < -0.3 is 0 Å². The second kappa shape index (κ2) is 11.8. The topological polar surface area (TPSA) is 0 Å². The minimum Gasteiger partial charge on any atom is -0.0984 e. The molecule has 0 aliphatic carbocycles. The van der Waals surface area contributed by atoms with Crippen LogP contribution in [0.25, 0.3) is 12.2 Å². The maximum absolute atomic E-state index is 3.77. The van der Waals surface area contributed by atoms with E-state index in [0.717, 1.165) is 0 Å². The van der Waals surface area contributed by atoms with Crippen LogP contribution in [0.1, 0.15) is 51.3 Å². The SMILES string of the molecule is C=Cc1ccc(C)cc1/C=C\C.CC.CC. The molecular formula is C16H26. The Hall–Kier alpha value is -1.30. The highest BCUT2D eigenvalue weighted by Gasteiger charge is 1.94. The van der Waals surface area contributed by atoms with Crippen molar-refractivity contribution in [3.8, 4) is 0 Å². The smallest absolute Gasteiger partial charge is 0.0185 e. The number of rotatable bonds is 2. The number of hydrogen-bond acceptors (Lipinski definition) is 0. The summed E-state index contributed by atoms with van der Waals surface area (Å²) < 4.78 is 0. The van der Waals surface area contributed by atoms with Gasteiger partial charge in [-0.05, 0) is 25.0 Å². The normalized spacial score (nSPS) is 8.62. The Morgan fingerprint density at radius 2 is 1.56 bits per heavy atom. The van der Waals surface area contributed by atoms with Gasteiger partial charge in [-0.1, -0.05) is 76.3 Å². The summed E-state index contributed by atoms with van der Waals surface area (Å²) in [5.74, 6) is 0. The molecule has 0 heterocycles. The highest BCUT2D eigenvalue weighted by Crippen LogP contribution is 2.14. The number of aryl methyl sites for hydroxylation is 1. The molecule has 0 aromatic heterocycles. The maximum atomic E-state index is 3.77. The molecule has 0 aliphatic rings. The molecule has 0 bridgehead atoms. The van der Waals surface area contributed by atoms with Gasteiger partial charge in [-0.25, -0.2) is 0 Å². The Labute approximate surface area is 102 Å². The molecule has 0 saturated carbocycles. The lowest BCUT2D eigenvalue weighted by atomic mass is 10.0. The molecule has 0 nitrogen and oxygen atoms in total. The molecule has 0 heteroatoms. The highest BCUT2D eigenvalue weighted by atomic mass is 14.0. The van der Waals surface area contributed by atoms with Crippen LogP contribution in [0.5, 0.6) is 0 Å². The van der Waals surface area contributed by atoms with Crippen molar-refractivity contribution < 1.29 is 0 Å². The molecule has 0 aliphatic heterocycles. The van der Waals surface area contributed by atoms with Gasteiger partial charge in [0.1, 0.15) is 0 Å². The van der Waals surface area contributed by atoms with Gasteiger partial charge in [-0.3, -0.25) is 0 Å². The van der Waals surface area contributed by atoms with Crippen LogP contribution in [0.4, 0.5) is 0 Å². The highest BCUT2D eigenvalue weighted by molar-refractivity contribution is 5.64. The first-order chi connectivity index (χ1) is 7.77. The summed E-state index contributed by atoms with van der Waals surface area (Å²) in [4.78, 5) is 0. The monoisotopic (exact) mass is 218 g/mol. The van der Waals surface area contributed by atoms with Crippen LogP contribution in [0, 0.1) is 6.92 Å². The van der Waals surface area contributed by atoms with Crippen LogP contribution in [-0.4, -0.2) is 0 Å². The number of benzene rings is 1. The minimum atomic E-state index is 1.19. The molecular weight excluding hydrogens is 192 g/mol. The van der Waals surface area contributed by atoms with Crippen LogP contribution < -0.4 is 0 Å². The lowest BCUT2D eigenvalue weighted by Gasteiger charge is -2.01. The molecule has 0 amide bonds. The fourth-order valence-corrected chi connectivity index (χ4v) is 1.20. The summed E-state index contributed by atoms with van der Waals surface area (Å²) in [6, 6.07) is 6.36. The summed E-state index contributed by atoms with van der Waals surface area (Å²) >= 11 is 0. The lowest BCUT2D eigenvalue weighted by Crippen LogP contribution is -1.81. The molecule has 0 saturated heterocycles. The van der Waals surface area contributed by atoms with Gasteiger partial charge in [0.05, 0.1) is 0 Å². The van der Waals surface area contributed by atoms with Crippen LogP contribution in [0.2, 0.25) is 0 Å². The number of hydrogen-bond donors (Lipinski definition) is 0. The van der Waals surface area contributed by atoms with Gasteiger partial charge in [0.2, 0.25) is 0 Å². The molecule has 0 fully saturated rings. The zero-order chi connectivity index (χ0) is 13.0. The van der Waals surface area contributed by atoms with E-state index in [9.17, 15) is 0 Å². The van der Waals surface area contributed by atoms with E-state index in [-0.39, 0.29) is 0 Å². The van der Waals surface area contributed by atoms with Crippen molar-refractivity contribution in [3.05, 3.63) is 47.5 Å². The van der Waals surface area contributed by atoms with E-state index in [2.05, 4.69) is 37.8 Å². The third kappa shape index (κ3) is 6.23. The fraction of sp³-hybridized carbons (Fsp3) is 0.375. The largest absolute Gasteiger partial charge is 0.0984 e. The van der Waals surface area contributed by atoms with Gasteiger partial charge in [0, 0.05) is 0 Å². The van der Waals surface area contributed by atoms with Gasteiger partial charge >= 0.3 is 0 Å². The van der Waals surface area contributed by atoms with E-state index in [1.807, 2.05) is 46.8 Å². The summed E-state index contributed by atoms with van der Waals surface area (Å²) in [7, 11) is 0. The lowest BCUT2D eigenvalue weighted by molar-refractivity contribution is 1.44. The third-order valence-corrected chi connectivity index (χ3v) is 1.81. The van der Waals surface area contributed by atoms with Crippen molar-refractivity contribution >= 4 is 12.2 Å². The van der Waals surface area contributed by atoms with Crippen LogP contribution in [0.15, 0.2) is 30.9 Å². The summed E-state index contributed by atoms with van der Waals surface area (Å²) in [6.45, 7) is 15.9. The van der Waals surface area contributed by atoms with Crippen molar-refractivity contribution in [1.29, 1.82) is 0 Å².